The van der Waals surface area contributed by atoms with E-state index in [0.29, 0.717) is 6.04 Å². The summed E-state index contributed by atoms with van der Waals surface area (Å²) < 4.78 is 2.03. The molecule has 8 heteroatoms. The summed E-state index contributed by atoms with van der Waals surface area (Å²) in [6, 6.07) is 0.410. The molecule has 1 aliphatic carbocycles. The predicted octanol–water partition coefficient (Wildman–Crippen LogP) is 2.15. The molecule has 2 aromatic rings. The van der Waals surface area contributed by atoms with Crippen LogP contribution in [0.3, 0.4) is 0 Å². The number of carbonyl (C=O) groups excluding carboxylic acids is 1. The fraction of sp³-hybridized carbons (Fsp3) is 0.588. The van der Waals surface area contributed by atoms with Crippen molar-refractivity contribution in [3.05, 3.63) is 23.0 Å². The zero-order chi connectivity index (χ0) is 17.0. The van der Waals surface area contributed by atoms with Crippen LogP contribution >= 0.6 is 11.3 Å². The molecule has 2 amide bonds. The minimum atomic E-state index is 0.0601. The molecule has 0 saturated carbocycles. The SMILES string of the molecule is CN1CCN(c2cnn(C3CCN(c4nc5c(s4)CCC5)C3)c2)C1=O. The van der Waals surface area contributed by atoms with Crippen LogP contribution < -0.4 is 9.80 Å². The van der Waals surface area contributed by atoms with Crippen LogP contribution in [0.15, 0.2) is 12.4 Å². The topological polar surface area (TPSA) is 57.5 Å². The maximum Gasteiger partial charge on any atom is 0.324 e. The molecule has 0 bridgehead atoms. The lowest BCUT2D eigenvalue weighted by Crippen LogP contribution is -2.28. The van der Waals surface area contributed by atoms with E-state index in [1.165, 1.54) is 28.5 Å². The van der Waals surface area contributed by atoms with Crippen molar-refractivity contribution in [2.75, 3.05) is 43.0 Å². The number of thiazole rings is 1. The molecular weight excluding hydrogens is 336 g/mol. The smallest absolute Gasteiger partial charge is 0.324 e. The molecule has 2 aliphatic heterocycles. The lowest BCUT2D eigenvalue weighted by Gasteiger charge is -2.16. The number of aromatic nitrogens is 3. The summed E-state index contributed by atoms with van der Waals surface area (Å²) in [5.74, 6) is 0. The minimum absolute atomic E-state index is 0.0601. The number of nitrogens with zero attached hydrogens (tertiary/aromatic N) is 6. The van der Waals surface area contributed by atoms with Crippen molar-refractivity contribution in [3.8, 4) is 0 Å². The van der Waals surface area contributed by atoms with Crippen LogP contribution in [0.2, 0.25) is 0 Å². The Kier molecular flexibility index (Phi) is 3.48. The van der Waals surface area contributed by atoms with E-state index in [9.17, 15) is 4.79 Å². The first-order chi connectivity index (χ1) is 12.2. The lowest BCUT2D eigenvalue weighted by molar-refractivity contribution is 0.229. The van der Waals surface area contributed by atoms with E-state index < -0.39 is 0 Å². The van der Waals surface area contributed by atoms with Crippen molar-refractivity contribution in [2.45, 2.75) is 31.7 Å². The van der Waals surface area contributed by atoms with E-state index in [2.05, 4.69) is 10.00 Å². The van der Waals surface area contributed by atoms with Gasteiger partial charge in [-0.1, -0.05) is 0 Å². The summed E-state index contributed by atoms with van der Waals surface area (Å²) >= 11 is 1.87. The van der Waals surface area contributed by atoms with Crippen molar-refractivity contribution < 1.29 is 4.79 Å². The Morgan fingerprint density at radius 3 is 2.96 bits per heavy atom. The molecule has 25 heavy (non-hydrogen) atoms. The van der Waals surface area contributed by atoms with Crippen molar-refractivity contribution in [1.29, 1.82) is 0 Å². The first-order valence-electron chi connectivity index (χ1n) is 8.99. The lowest BCUT2D eigenvalue weighted by atomic mass is 10.3. The van der Waals surface area contributed by atoms with Gasteiger partial charge in [-0.2, -0.15) is 5.10 Å². The highest BCUT2D eigenvalue weighted by molar-refractivity contribution is 7.15. The third-order valence-corrected chi connectivity index (χ3v) is 6.73. The molecule has 132 valence electrons. The quantitative estimate of drug-likeness (QED) is 0.844. The normalized spacial score (nSPS) is 23.2. The molecular formula is C17H22N6OS. The highest BCUT2D eigenvalue weighted by atomic mass is 32.1. The van der Waals surface area contributed by atoms with E-state index in [1.54, 1.807) is 4.90 Å². The van der Waals surface area contributed by atoms with Crippen LogP contribution in [0.25, 0.3) is 0 Å². The van der Waals surface area contributed by atoms with Crippen LogP contribution in [0, 0.1) is 0 Å². The van der Waals surface area contributed by atoms with Gasteiger partial charge in [-0.3, -0.25) is 9.58 Å². The number of urea groups is 1. The van der Waals surface area contributed by atoms with Gasteiger partial charge in [0, 0.05) is 44.3 Å². The Hall–Kier alpha value is -2.09. The zero-order valence-corrected chi connectivity index (χ0v) is 15.2. The summed E-state index contributed by atoms with van der Waals surface area (Å²) in [6.07, 6.45) is 8.51. The minimum Gasteiger partial charge on any atom is -0.346 e. The van der Waals surface area contributed by atoms with Crippen LogP contribution in [0.1, 0.15) is 29.5 Å². The van der Waals surface area contributed by atoms with Crippen molar-refractivity contribution in [3.63, 3.8) is 0 Å². The number of anilines is 2. The fourth-order valence-electron chi connectivity index (χ4n) is 4.00. The summed E-state index contributed by atoms with van der Waals surface area (Å²) in [5.41, 5.74) is 2.22. The van der Waals surface area contributed by atoms with Crippen LogP contribution in [0.4, 0.5) is 15.6 Å². The molecule has 1 unspecified atom stereocenters. The van der Waals surface area contributed by atoms with E-state index in [4.69, 9.17) is 4.98 Å². The Labute approximate surface area is 150 Å². The molecule has 3 aliphatic rings. The molecule has 1 atom stereocenters. The fourth-order valence-corrected chi connectivity index (χ4v) is 5.18. The molecule has 2 aromatic heterocycles. The summed E-state index contributed by atoms with van der Waals surface area (Å²) in [4.78, 5) is 24.4. The van der Waals surface area contributed by atoms with Gasteiger partial charge in [-0.05, 0) is 25.7 Å². The average Bonchev–Trinajstić information content (AvgIpc) is 3.36. The Morgan fingerprint density at radius 1 is 1.24 bits per heavy atom. The number of fused-ring (bicyclic) bond motifs is 1. The number of carbonyl (C=O) groups is 1. The van der Waals surface area contributed by atoms with Gasteiger partial charge >= 0.3 is 6.03 Å². The summed E-state index contributed by atoms with van der Waals surface area (Å²) in [7, 11) is 1.84. The van der Waals surface area contributed by atoms with Crippen molar-refractivity contribution in [1.82, 2.24) is 19.7 Å². The first-order valence-corrected chi connectivity index (χ1v) is 9.81. The molecule has 7 nitrogen and oxygen atoms in total. The maximum atomic E-state index is 12.1. The van der Waals surface area contributed by atoms with E-state index in [1.807, 2.05) is 40.4 Å². The maximum absolute atomic E-state index is 12.1. The second kappa shape index (κ2) is 5.72. The predicted molar refractivity (Wildman–Crippen MR) is 97.6 cm³/mol. The molecule has 0 radical (unpaired) electrons. The molecule has 2 fully saturated rings. The standard InChI is InChI=1S/C17H22N6OS/c1-20-7-8-22(17(20)24)13-9-18-23(11-13)12-5-6-21(10-12)16-19-14-3-2-4-15(14)25-16/h9,11-12H,2-8,10H2,1H3. The monoisotopic (exact) mass is 358 g/mol. The van der Waals surface area contributed by atoms with Gasteiger partial charge in [0.05, 0.1) is 23.6 Å². The molecule has 0 aromatic carbocycles. The van der Waals surface area contributed by atoms with Crippen molar-refractivity contribution >= 4 is 28.2 Å². The third-order valence-electron chi connectivity index (χ3n) is 5.51. The second-order valence-corrected chi connectivity index (χ2v) is 8.20. The van der Waals surface area contributed by atoms with E-state index in [0.717, 1.165) is 44.7 Å². The van der Waals surface area contributed by atoms with Gasteiger partial charge in [0.25, 0.3) is 0 Å². The second-order valence-electron chi connectivity index (χ2n) is 7.14. The van der Waals surface area contributed by atoms with E-state index in [-0.39, 0.29) is 6.03 Å². The number of likely N-dealkylation sites (N-methyl/N-ethyl adjacent to an activating group) is 1. The number of amides is 2. The number of rotatable bonds is 3. The van der Waals surface area contributed by atoms with Gasteiger partial charge in [-0.25, -0.2) is 9.78 Å². The molecule has 0 spiro atoms. The van der Waals surface area contributed by atoms with Gasteiger partial charge in [0.15, 0.2) is 5.13 Å². The number of aryl methyl sites for hydroxylation is 2. The van der Waals surface area contributed by atoms with E-state index >= 15 is 0 Å². The summed E-state index contributed by atoms with van der Waals surface area (Å²) in [5, 5.41) is 5.72. The van der Waals surface area contributed by atoms with Gasteiger partial charge in [0.2, 0.25) is 0 Å². The molecule has 2 saturated heterocycles. The molecule has 4 heterocycles. The summed E-state index contributed by atoms with van der Waals surface area (Å²) in [6.45, 7) is 3.48. The van der Waals surface area contributed by atoms with Crippen molar-refractivity contribution in [2.24, 2.45) is 0 Å². The van der Waals surface area contributed by atoms with Gasteiger partial charge < -0.3 is 9.80 Å². The van der Waals surface area contributed by atoms with Crippen LogP contribution in [-0.2, 0) is 12.8 Å². The molecule has 0 N–H and O–H groups in total. The third kappa shape index (κ3) is 2.50. The Bertz CT molecular complexity index is 792. The van der Waals surface area contributed by atoms with Crippen LogP contribution in [-0.4, -0.2) is 58.9 Å². The zero-order valence-electron chi connectivity index (χ0n) is 14.4. The first kappa shape index (κ1) is 15.2. The highest BCUT2D eigenvalue weighted by Crippen LogP contribution is 2.36. The number of hydrogen-bond acceptors (Lipinski definition) is 5. The van der Waals surface area contributed by atoms with Gasteiger partial charge in [-0.15, -0.1) is 11.3 Å². The Balaban J connectivity index is 1.29. The van der Waals surface area contributed by atoms with Gasteiger partial charge in [0.1, 0.15) is 0 Å². The van der Waals surface area contributed by atoms with Crippen LogP contribution in [0.5, 0.6) is 0 Å². The highest BCUT2D eigenvalue weighted by Gasteiger charge is 2.31. The average molecular weight is 358 g/mol. The largest absolute Gasteiger partial charge is 0.346 e. The number of hydrogen-bond donors (Lipinski definition) is 0. The molecule has 5 rings (SSSR count). The Morgan fingerprint density at radius 2 is 2.16 bits per heavy atom.